The van der Waals surface area contributed by atoms with Crippen molar-refractivity contribution < 1.29 is 4.74 Å². The van der Waals surface area contributed by atoms with Crippen molar-refractivity contribution in [3.8, 4) is 0 Å². The van der Waals surface area contributed by atoms with E-state index in [1.807, 2.05) is 0 Å². The van der Waals surface area contributed by atoms with Crippen molar-refractivity contribution in [1.82, 2.24) is 10.2 Å². The molecule has 3 nitrogen and oxygen atoms in total. The monoisotopic (exact) mass is 212 g/mol. The second kappa shape index (κ2) is 5.83. The molecule has 2 saturated heterocycles. The highest BCUT2D eigenvalue weighted by Crippen LogP contribution is 2.12. The van der Waals surface area contributed by atoms with Crippen LogP contribution in [0.15, 0.2) is 0 Å². The van der Waals surface area contributed by atoms with Crippen LogP contribution in [0.3, 0.4) is 0 Å². The maximum Gasteiger partial charge on any atom is 0.0700 e. The van der Waals surface area contributed by atoms with Gasteiger partial charge >= 0.3 is 0 Å². The predicted molar refractivity (Wildman–Crippen MR) is 62.1 cm³/mol. The normalized spacial score (nSPS) is 33.4. The summed E-state index contributed by atoms with van der Waals surface area (Å²) in [5.74, 6) is 0. The zero-order chi connectivity index (χ0) is 10.5. The van der Waals surface area contributed by atoms with Crippen LogP contribution in [0.1, 0.15) is 32.6 Å². The van der Waals surface area contributed by atoms with E-state index in [9.17, 15) is 0 Å². The van der Waals surface area contributed by atoms with E-state index in [0.717, 1.165) is 13.2 Å². The fraction of sp³-hybridized carbons (Fsp3) is 1.00. The molecule has 0 saturated carbocycles. The van der Waals surface area contributed by atoms with Gasteiger partial charge in [-0.2, -0.15) is 0 Å². The van der Waals surface area contributed by atoms with E-state index in [0.29, 0.717) is 12.1 Å². The number of piperidine rings is 1. The van der Waals surface area contributed by atoms with E-state index < -0.39 is 0 Å². The van der Waals surface area contributed by atoms with Crippen LogP contribution < -0.4 is 5.32 Å². The first kappa shape index (κ1) is 11.4. The maximum absolute atomic E-state index is 5.53. The van der Waals surface area contributed by atoms with Crippen molar-refractivity contribution in [3.05, 3.63) is 0 Å². The molecule has 15 heavy (non-hydrogen) atoms. The molecular formula is C12H24N2O. The third-order valence-electron chi connectivity index (χ3n) is 3.66. The third kappa shape index (κ3) is 3.44. The van der Waals surface area contributed by atoms with Gasteiger partial charge < -0.3 is 15.0 Å². The van der Waals surface area contributed by atoms with Gasteiger partial charge in [-0.3, -0.25) is 0 Å². The molecule has 2 heterocycles. The highest BCUT2D eigenvalue weighted by Gasteiger charge is 2.23. The van der Waals surface area contributed by atoms with Gasteiger partial charge in [0.25, 0.3) is 0 Å². The van der Waals surface area contributed by atoms with Crippen LogP contribution in [0, 0.1) is 0 Å². The van der Waals surface area contributed by atoms with E-state index in [1.165, 1.54) is 45.3 Å². The van der Waals surface area contributed by atoms with Crippen molar-refractivity contribution >= 4 is 0 Å². The summed E-state index contributed by atoms with van der Waals surface area (Å²) in [6.07, 6.45) is 5.80. The fourth-order valence-electron chi connectivity index (χ4n) is 2.59. The maximum atomic E-state index is 5.53. The van der Waals surface area contributed by atoms with Gasteiger partial charge in [-0.15, -0.1) is 0 Å². The minimum atomic E-state index is 0.409. The molecule has 3 heteroatoms. The molecule has 0 aromatic heterocycles. The Morgan fingerprint density at radius 1 is 1.27 bits per heavy atom. The molecule has 0 amide bonds. The van der Waals surface area contributed by atoms with Crippen molar-refractivity contribution in [2.45, 2.75) is 44.8 Å². The van der Waals surface area contributed by atoms with Crippen LogP contribution in [0.25, 0.3) is 0 Å². The molecule has 0 radical (unpaired) electrons. The number of rotatable bonds is 4. The lowest BCUT2D eigenvalue weighted by atomic mass is 10.1. The largest absolute Gasteiger partial charge is 0.377 e. The van der Waals surface area contributed by atoms with Gasteiger partial charge in [0.05, 0.1) is 6.10 Å². The lowest BCUT2D eigenvalue weighted by Crippen LogP contribution is -2.41. The molecule has 2 rings (SSSR count). The van der Waals surface area contributed by atoms with Crippen LogP contribution in [-0.4, -0.2) is 49.8 Å². The zero-order valence-electron chi connectivity index (χ0n) is 9.87. The van der Waals surface area contributed by atoms with E-state index in [-0.39, 0.29) is 0 Å². The van der Waals surface area contributed by atoms with Gasteiger partial charge in [-0.05, 0) is 39.3 Å². The summed E-state index contributed by atoms with van der Waals surface area (Å²) in [6, 6.07) is 0.592. The van der Waals surface area contributed by atoms with E-state index in [2.05, 4.69) is 17.1 Å². The van der Waals surface area contributed by atoms with Crippen molar-refractivity contribution in [1.29, 1.82) is 0 Å². The second-order valence-corrected chi connectivity index (χ2v) is 4.83. The van der Waals surface area contributed by atoms with Gasteiger partial charge in [0.2, 0.25) is 0 Å². The van der Waals surface area contributed by atoms with Gasteiger partial charge in [-0.25, -0.2) is 0 Å². The summed E-state index contributed by atoms with van der Waals surface area (Å²) in [5.41, 5.74) is 0. The standard InChI is InChI=1S/C12H24N2O/c1-11-12(5-10-15-11)13-6-9-14-7-3-2-4-8-14/h11-13H,2-10H2,1H3/t11-,12+/m0/s1. The molecule has 1 N–H and O–H groups in total. The Balaban J connectivity index is 1.57. The van der Waals surface area contributed by atoms with Crippen LogP contribution >= 0.6 is 0 Å². The van der Waals surface area contributed by atoms with Gasteiger partial charge in [0.15, 0.2) is 0 Å². The average molecular weight is 212 g/mol. The molecule has 2 aliphatic heterocycles. The Labute approximate surface area is 93.2 Å². The molecule has 2 atom stereocenters. The van der Waals surface area contributed by atoms with Crippen LogP contribution in [0.4, 0.5) is 0 Å². The number of hydrogen-bond donors (Lipinski definition) is 1. The minimum absolute atomic E-state index is 0.409. The number of nitrogens with one attached hydrogen (secondary N) is 1. The van der Waals surface area contributed by atoms with Crippen molar-refractivity contribution in [3.63, 3.8) is 0 Å². The first-order valence-corrected chi connectivity index (χ1v) is 6.43. The molecule has 0 aliphatic carbocycles. The highest BCUT2D eigenvalue weighted by atomic mass is 16.5. The van der Waals surface area contributed by atoms with Crippen LogP contribution in [0.5, 0.6) is 0 Å². The number of ether oxygens (including phenoxy) is 1. The van der Waals surface area contributed by atoms with Crippen molar-refractivity contribution in [2.75, 3.05) is 32.8 Å². The SMILES string of the molecule is C[C@@H]1OCC[C@H]1NCCN1CCCCC1. The Bertz CT molecular complexity index is 180. The van der Waals surface area contributed by atoms with Gasteiger partial charge in [0.1, 0.15) is 0 Å². The lowest BCUT2D eigenvalue weighted by molar-refractivity contribution is 0.112. The Morgan fingerprint density at radius 3 is 2.73 bits per heavy atom. The summed E-state index contributed by atoms with van der Waals surface area (Å²) >= 11 is 0. The summed E-state index contributed by atoms with van der Waals surface area (Å²) in [4.78, 5) is 2.58. The Kier molecular flexibility index (Phi) is 4.42. The highest BCUT2D eigenvalue weighted by molar-refractivity contribution is 4.79. The lowest BCUT2D eigenvalue weighted by Gasteiger charge is -2.27. The molecule has 2 aliphatic rings. The molecular weight excluding hydrogens is 188 g/mol. The smallest absolute Gasteiger partial charge is 0.0700 e. The summed E-state index contributed by atoms with van der Waals surface area (Å²) in [5, 5.41) is 3.61. The van der Waals surface area contributed by atoms with Crippen LogP contribution in [0.2, 0.25) is 0 Å². The minimum Gasteiger partial charge on any atom is -0.377 e. The average Bonchev–Trinajstić information content (AvgIpc) is 2.66. The summed E-state index contributed by atoms with van der Waals surface area (Å²) < 4.78 is 5.53. The molecule has 0 bridgehead atoms. The van der Waals surface area contributed by atoms with E-state index >= 15 is 0 Å². The summed E-state index contributed by atoms with van der Waals surface area (Å²) in [6.45, 7) is 8.05. The first-order valence-electron chi connectivity index (χ1n) is 6.43. The van der Waals surface area contributed by atoms with Crippen molar-refractivity contribution in [2.24, 2.45) is 0 Å². The van der Waals surface area contributed by atoms with E-state index in [4.69, 9.17) is 4.74 Å². The molecule has 0 spiro atoms. The third-order valence-corrected chi connectivity index (χ3v) is 3.66. The number of hydrogen-bond acceptors (Lipinski definition) is 3. The first-order chi connectivity index (χ1) is 7.36. The molecule has 0 aromatic rings. The number of nitrogens with zero attached hydrogens (tertiary/aromatic N) is 1. The zero-order valence-corrected chi connectivity index (χ0v) is 9.87. The fourth-order valence-corrected chi connectivity index (χ4v) is 2.59. The Hall–Kier alpha value is -0.120. The molecule has 0 unspecified atom stereocenters. The van der Waals surface area contributed by atoms with Crippen LogP contribution in [-0.2, 0) is 4.74 Å². The summed E-state index contributed by atoms with van der Waals surface area (Å²) in [7, 11) is 0. The Morgan fingerprint density at radius 2 is 2.07 bits per heavy atom. The van der Waals surface area contributed by atoms with Gasteiger partial charge in [0, 0.05) is 25.7 Å². The van der Waals surface area contributed by atoms with Gasteiger partial charge in [-0.1, -0.05) is 6.42 Å². The quantitative estimate of drug-likeness (QED) is 0.759. The topological polar surface area (TPSA) is 24.5 Å². The molecule has 88 valence electrons. The second-order valence-electron chi connectivity index (χ2n) is 4.83. The molecule has 2 fully saturated rings. The van der Waals surface area contributed by atoms with E-state index in [1.54, 1.807) is 0 Å². The number of likely N-dealkylation sites (tertiary alicyclic amines) is 1. The predicted octanol–water partition coefficient (Wildman–Crippen LogP) is 1.24. The molecule has 0 aromatic carbocycles.